The van der Waals surface area contributed by atoms with Crippen molar-refractivity contribution >= 4 is 28.6 Å². The number of hydrogen-bond acceptors (Lipinski definition) is 3. The van der Waals surface area contributed by atoms with Gasteiger partial charge in [0.15, 0.2) is 0 Å². The zero-order valence-corrected chi connectivity index (χ0v) is 20.6. The van der Waals surface area contributed by atoms with E-state index in [0.29, 0.717) is 18.8 Å². The molecule has 0 aliphatic rings. The second-order valence-corrected chi connectivity index (χ2v) is 8.85. The second kappa shape index (κ2) is 10.3. The fraction of sp³-hybridized carbons (Fsp3) is 0.200. The van der Waals surface area contributed by atoms with Crippen molar-refractivity contribution in [2.45, 2.75) is 34.2 Å². The number of aromatic nitrogens is 1. The van der Waals surface area contributed by atoms with Crippen molar-refractivity contribution in [3.8, 4) is 11.8 Å². The average Bonchev–Trinajstić information content (AvgIpc) is 3.19. The van der Waals surface area contributed by atoms with Crippen molar-refractivity contribution < 1.29 is 9.53 Å². The standard InChI is InChI=1S/C30H29N3O2/c1-20-10-12-27(23(4)15-20)32-30(34)24(18-31)17-25-19-33(28-8-6-5-7-26(25)28)13-14-35-29-16-21(2)9-11-22(29)3/h5-12,15-17,19H,13-14H2,1-4H3,(H,32,34)/b24-17+. The number of benzene rings is 3. The fourth-order valence-corrected chi connectivity index (χ4v) is 4.14. The number of anilines is 1. The first kappa shape index (κ1) is 23.8. The summed E-state index contributed by atoms with van der Waals surface area (Å²) in [6.07, 6.45) is 3.63. The Bertz CT molecular complexity index is 1470. The lowest BCUT2D eigenvalue weighted by atomic mass is 10.1. The number of carbonyl (C=O) groups is 1. The molecule has 3 aromatic carbocycles. The van der Waals surface area contributed by atoms with Crippen LogP contribution in [0.2, 0.25) is 0 Å². The van der Waals surface area contributed by atoms with Crippen LogP contribution in [0.4, 0.5) is 5.69 Å². The topological polar surface area (TPSA) is 67.0 Å². The normalized spacial score (nSPS) is 11.3. The molecule has 1 amide bonds. The predicted molar refractivity (Wildman–Crippen MR) is 141 cm³/mol. The van der Waals surface area contributed by atoms with Crippen molar-refractivity contribution in [1.29, 1.82) is 5.26 Å². The predicted octanol–water partition coefficient (Wildman–Crippen LogP) is 6.50. The fourth-order valence-electron chi connectivity index (χ4n) is 4.14. The van der Waals surface area contributed by atoms with E-state index in [4.69, 9.17) is 4.74 Å². The third-order valence-electron chi connectivity index (χ3n) is 6.05. The number of nitrogens with zero attached hydrogens (tertiary/aromatic N) is 2. The van der Waals surface area contributed by atoms with Crippen LogP contribution >= 0.6 is 0 Å². The van der Waals surface area contributed by atoms with E-state index in [2.05, 4.69) is 28.1 Å². The molecule has 0 saturated carbocycles. The molecule has 0 aliphatic carbocycles. The number of para-hydroxylation sites is 1. The molecular formula is C30H29N3O2. The van der Waals surface area contributed by atoms with E-state index in [1.807, 2.05) is 82.4 Å². The summed E-state index contributed by atoms with van der Waals surface area (Å²) in [5.41, 5.74) is 6.93. The highest BCUT2D eigenvalue weighted by Crippen LogP contribution is 2.25. The van der Waals surface area contributed by atoms with Crippen molar-refractivity contribution in [3.05, 3.63) is 100 Å². The lowest BCUT2D eigenvalue weighted by Crippen LogP contribution is -2.14. The van der Waals surface area contributed by atoms with Gasteiger partial charge in [-0.3, -0.25) is 4.79 Å². The van der Waals surface area contributed by atoms with E-state index in [0.717, 1.165) is 44.5 Å². The monoisotopic (exact) mass is 463 g/mol. The Morgan fingerprint density at radius 1 is 1.00 bits per heavy atom. The third kappa shape index (κ3) is 5.44. The van der Waals surface area contributed by atoms with Crippen LogP contribution in [0.3, 0.4) is 0 Å². The van der Waals surface area contributed by atoms with Gasteiger partial charge in [0.1, 0.15) is 24.0 Å². The quantitative estimate of drug-likeness (QED) is 0.251. The number of nitrogens with one attached hydrogen (secondary N) is 1. The molecular weight excluding hydrogens is 434 g/mol. The van der Waals surface area contributed by atoms with Crippen LogP contribution in [-0.4, -0.2) is 17.1 Å². The number of fused-ring (bicyclic) bond motifs is 1. The lowest BCUT2D eigenvalue weighted by Gasteiger charge is -2.11. The van der Waals surface area contributed by atoms with Gasteiger partial charge in [-0.25, -0.2) is 0 Å². The number of amides is 1. The van der Waals surface area contributed by atoms with E-state index >= 15 is 0 Å². The molecule has 0 saturated heterocycles. The minimum absolute atomic E-state index is 0.0551. The molecule has 0 atom stereocenters. The first-order valence-corrected chi connectivity index (χ1v) is 11.6. The molecule has 0 radical (unpaired) electrons. The molecule has 4 aromatic rings. The molecule has 0 fully saturated rings. The van der Waals surface area contributed by atoms with Crippen LogP contribution in [0.25, 0.3) is 17.0 Å². The Morgan fingerprint density at radius 2 is 1.74 bits per heavy atom. The smallest absolute Gasteiger partial charge is 0.266 e. The molecule has 0 spiro atoms. The number of carbonyl (C=O) groups excluding carboxylic acids is 1. The summed E-state index contributed by atoms with van der Waals surface area (Å²) in [6.45, 7) is 9.17. The van der Waals surface area contributed by atoms with Crippen molar-refractivity contribution in [2.24, 2.45) is 0 Å². The van der Waals surface area contributed by atoms with Gasteiger partial charge in [0.25, 0.3) is 5.91 Å². The number of nitriles is 1. The highest BCUT2D eigenvalue weighted by Gasteiger charge is 2.14. The lowest BCUT2D eigenvalue weighted by molar-refractivity contribution is -0.112. The molecule has 1 heterocycles. The maximum Gasteiger partial charge on any atom is 0.266 e. The van der Waals surface area contributed by atoms with Gasteiger partial charge in [-0.2, -0.15) is 5.26 Å². The molecule has 5 nitrogen and oxygen atoms in total. The van der Waals surface area contributed by atoms with Crippen LogP contribution in [0.15, 0.2) is 72.4 Å². The summed E-state index contributed by atoms with van der Waals surface area (Å²) >= 11 is 0. The SMILES string of the molecule is Cc1ccc(NC(=O)/C(C#N)=C/c2cn(CCOc3cc(C)ccc3C)c3ccccc23)c(C)c1. The number of rotatable bonds is 7. The first-order chi connectivity index (χ1) is 16.9. The highest BCUT2D eigenvalue weighted by atomic mass is 16.5. The summed E-state index contributed by atoms with van der Waals surface area (Å²) in [5, 5.41) is 13.6. The van der Waals surface area contributed by atoms with Crippen molar-refractivity contribution in [1.82, 2.24) is 4.57 Å². The molecule has 4 rings (SSSR count). The van der Waals surface area contributed by atoms with E-state index in [1.54, 1.807) is 6.08 Å². The largest absolute Gasteiger partial charge is 0.491 e. The van der Waals surface area contributed by atoms with E-state index < -0.39 is 5.91 Å². The highest BCUT2D eigenvalue weighted by molar-refractivity contribution is 6.11. The Kier molecular flexibility index (Phi) is 7.03. The van der Waals surface area contributed by atoms with Gasteiger partial charge in [0, 0.05) is 28.4 Å². The molecule has 35 heavy (non-hydrogen) atoms. The molecule has 5 heteroatoms. The second-order valence-electron chi connectivity index (χ2n) is 8.85. The maximum absolute atomic E-state index is 12.9. The zero-order valence-electron chi connectivity index (χ0n) is 20.6. The summed E-state index contributed by atoms with van der Waals surface area (Å²) in [7, 11) is 0. The maximum atomic E-state index is 12.9. The molecule has 176 valence electrons. The Labute approximate surface area is 206 Å². The average molecular weight is 464 g/mol. The van der Waals surface area contributed by atoms with Gasteiger partial charge in [-0.15, -0.1) is 0 Å². The van der Waals surface area contributed by atoms with E-state index in [1.165, 1.54) is 0 Å². The molecule has 0 unspecified atom stereocenters. The van der Waals surface area contributed by atoms with Crippen LogP contribution in [-0.2, 0) is 11.3 Å². The van der Waals surface area contributed by atoms with Crippen molar-refractivity contribution in [2.75, 3.05) is 11.9 Å². The van der Waals surface area contributed by atoms with Gasteiger partial charge < -0.3 is 14.6 Å². The van der Waals surface area contributed by atoms with Crippen LogP contribution in [0, 0.1) is 39.0 Å². The van der Waals surface area contributed by atoms with Gasteiger partial charge in [0.2, 0.25) is 0 Å². The van der Waals surface area contributed by atoms with Gasteiger partial charge in [0.05, 0.1) is 6.54 Å². The van der Waals surface area contributed by atoms with Crippen LogP contribution in [0.5, 0.6) is 5.75 Å². The summed E-state index contributed by atoms with van der Waals surface area (Å²) < 4.78 is 8.15. The minimum atomic E-state index is -0.422. The Hall–Kier alpha value is -4.30. The summed E-state index contributed by atoms with van der Waals surface area (Å²) in [4.78, 5) is 12.9. The molecule has 0 aliphatic heterocycles. The molecule has 0 bridgehead atoms. The van der Waals surface area contributed by atoms with E-state index in [-0.39, 0.29) is 5.57 Å². The van der Waals surface area contributed by atoms with Crippen molar-refractivity contribution in [3.63, 3.8) is 0 Å². The summed E-state index contributed by atoms with van der Waals surface area (Å²) in [6, 6.07) is 22.0. The van der Waals surface area contributed by atoms with Gasteiger partial charge in [-0.1, -0.05) is 48.0 Å². The number of hydrogen-bond donors (Lipinski definition) is 1. The Balaban J connectivity index is 1.57. The molecule has 1 aromatic heterocycles. The first-order valence-electron chi connectivity index (χ1n) is 11.6. The molecule has 1 N–H and O–H groups in total. The number of ether oxygens (including phenoxy) is 1. The van der Waals surface area contributed by atoms with Gasteiger partial charge in [-0.05, 0) is 68.7 Å². The van der Waals surface area contributed by atoms with E-state index in [9.17, 15) is 10.1 Å². The zero-order chi connectivity index (χ0) is 24.9. The minimum Gasteiger partial charge on any atom is -0.491 e. The van der Waals surface area contributed by atoms with Crippen LogP contribution < -0.4 is 10.1 Å². The third-order valence-corrected chi connectivity index (χ3v) is 6.05. The number of aryl methyl sites for hydroxylation is 4. The van der Waals surface area contributed by atoms with Crippen LogP contribution in [0.1, 0.15) is 27.8 Å². The summed E-state index contributed by atoms with van der Waals surface area (Å²) in [5.74, 6) is 0.464. The van der Waals surface area contributed by atoms with Gasteiger partial charge >= 0.3 is 0 Å². The Morgan fingerprint density at radius 3 is 2.51 bits per heavy atom.